The van der Waals surface area contributed by atoms with Crippen LogP contribution >= 0.6 is 0 Å². The third-order valence-electron chi connectivity index (χ3n) is 3.92. The van der Waals surface area contributed by atoms with Crippen LogP contribution in [0.2, 0.25) is 0 Å². The highest BCUT2D eigenvalue weighted by Crippen LogP contribution is 2.19. The molecule has 128 valence electrons. The van der Waals surface area contributed by atoms with Crippen molar-refractivity contribution in [1.82, 2.24) is 19.4 Å². The van der Waals surface area contributed by atoms with Crippen LogP contribution < -0.4 is 0 Å². The summed E-state index contributed by atoms with van der Waals surface area (Å²) in [4.78, 5) is 22.9. The molecular formula is C19H20N4O2. The number of carbonyl (C=O) groups excluding carboxylic acids is 1. The highest BCUT2D eigenvalue weighted by molar-refractivity contribution is 5.98. The molecule has 1 N–H and O–H groups in total. The average Bonchev–Trinajstić information content (AvgIpc) is 3.16. The van der Waals surface area contributed by atoms with Crippen LogP contribution in [0.25, 0.3) is 5.69 Å². The minimum absolute atomic E-state index is 0.0990. The van der Waals surface area contributed by atoms with E-state index in [1.54, 1.807) is 36.0 Å². The van der Waals surface area contributed by atoms with E-state index in [0.29, 0.717) is 12.1 Å². The van der Waals surface area contributed by atoms with Crippen molar-refractivity contribution in [1.29, 1.82) is 0 Å². The van der Waals surface area contributed by atoms with Gasteiger partial charge in [0.25, 0.3) is 5.91 Å². The van der Waals surface area contributed by atoms with Crippen LogP contribution in [0, 0.1) is 6.92 Å². The average molecular weight is 336 g/mol. The summed E-state index contributed by atoms with van der Waals surface area (Å²) in [7, 11) is 0. The molecule has 0 aliphatic heterocycles. The fourth-order valence-corrected chi connectivity index (χ4v) is 2.70. The van der Waals surface area contributed by atoms with Gasteiger partial charge in [-0.3, -0.25) is 9.78 Å². The van der Waals surface area contributed by atoms with Gasteiger partial charge in [-0.05, 0) is 30.7 Å². The quantitative estimate of drug-likeness (QED) is 0.749. The zero-order valence-electron chi connectivity index (χ0n) is 14.0. The van der Waals surface area contributed by atoms with Gasteiger partial charge in [0.2, 0.25) is 0 Å². The van der Waals surface area contributed by atoms with Crippen LogP contribution in [0.5, 0.6) is 0 Å². The third-order valence-corrected chi connectivity index (χ3v) is 3.92. The number of pyridine rings is 1. The van der Waals surface area contributed by atoms with E-state index >= 15 is 0 Å². The lowest BCUT2D eigenvalue weighted by Crippen LogP contribution is -2.33. The summed E-state index contributed by atoms with van der Waals surface area (Å²) < 4.78 is 1.81. The van der Waals surface area contributed by atoms with E-state index < -0.39 is 0 Å². The molecule has 0 unspecified atom stereocenters. The van der Waals surface area contributed by atoms with Crippen molar-refractivity contribution in [3.05, 3.63) is 78.1 Å². The molecule has 6 heteroatoms. The second kappa shape index (κ2) is 7.72. The number of aliphatic hydroxyl groups is 1. The molecule has 0 bridgehead atoms. The smallest absolute Gasteiger partial charge is 0.256 e. The summed E-state index contributed by atoms with van der Waals surface area (Å²) in [5.74, 6) is -0.134. The van der Waals surface area contributed by atoms with Gasteiger partial charge in [-0.25, -0.2) is 4.98 Å². The Labute approximate surface area is 146 Å². The summed E-state index contributed by atoms with van der Waals surface area (Å²) in [5.41, 5.74) is 3.26. The molecule has 0 atom stereocenters. The van der Waals surface area contributed by atoms with Crippen molar-refractivity contribution in [2.24, 2.45) is 0 Å². The molecule has 3 rings (SSSR count). The van der Waals surface area contributed by atoms with Gasteiger partial charge in [0.15, 0.2) is 0 Å². The number of aryl methyl sites for hydroxylation is 1. The second-order valence-electron chi connectivity index (χ2n) is 5.80. The van der Waals surface area contributed by atoms with Gasteiger partial charge in [0.1, 0.15) is 0 Å². The fourth-order valence-electron chi connectivity index (χ4n) is 2.70. The predicted molar refractivity (Wildman–Crippen MR) is 94.4 cm³/mol. The van der Waals surface area contributed by atoms with E-state index in [2.05, 4.69) is 9.97 Å². The summed E-state index contributed by atoms with van der Waals surface area (Å²) in [6.45, 7) is 2.50. The number of hydrogen-bond acceptors (Lipinski definition) is 4. The minimum Gasteiger partial charge on any atom is -0.395 e. The summed E-state index contributed by atoms with van der Waals surface area (Å²) in [6, 6.07) is 9.48. The van der Waals surface area contributed by atoms with E-state index in [1.165, 1.54) is 0 Å². The van der Waals surface area contributed by atoms with Gasteiger partial charge in [-0.1, -0.05) is 17.7 Å². The van der Waals surface area contributed by atoms with E-state index in [-0.39, 0.29) is 19.1 Å². The lowest BCUT2D eigenvalue weighted by molar-refractivity contribution is 0.0707. The molecule has 0 spiro atoms. The molecule has 2 aromatic heterocycles. The van der Waals surface area contributed by atoms with Crippen molar-refractivity contribution >= 4 is 5.91 Å². The first-order chi connectivity index (χ1) is 12.2. The Morgan fingerprint density at radius 2 is 2.12 bits per heavy atom. The first-order valence-electron chi connectivity index (χ1n) is 8.07. The minimum atomic E-state index is -0.134. The monoisotopic (exact) mass is 336 g/mol. The molecule has 1 aromatic carbocycles. The number of amides is 1. The first kappa shape index (κ1) is 16.9. The van der Waals surface area contributed by atoms with Crippen molar-refractivity contribution in [2.45, 2.75) is 13.5 Å². The molecular weight excluding hydrogens is 316 g/mol. The van der Waals surface area contributed by atoms with Crippen LogP contribution in [0.15, 0.2) is 61.4 Å². The summed E-state index contributed by atoms with van der Waals surface area (Å²) in [5, 5.41) is 9.39. The molecule has 2 heterocycles. The van der Waals surface area contributed by atoms with Gasteiger partial charge in [-0.2, -0.15) is 0 Å². The number of aliphatic hydroxyl groups excluding tert-OH is 1. The van der Waals surface area contributed by atoms with E-state index in [1.807, 2.05) is 41.8 Å². The maximum Gasteiger partial charge on any atom is 0.256 e. The lowest BCUT2D eigenvalue weighted by Gasteiger charge is -2.23. The largest absolute Gasteiger partial charge is 0.395 e. The molecule has 0 aliphatic carbocycles. The molecule has 0 saturated carbocycles. The van der Waals surface area contributed by atoms with E-state index in [0.717, 1.165) is 16.8 Å². The number of nitrogens with zero attached hydrogens (tertiary/aromatic N) is 4. The molecule has 0 fully saturated rings. The normalized spacial score (nSPS) is 10.6. The lowest BCUT2D eigenvalue weighted by atomic mass is 10.1. The Bertz CT molecular complexity index is 832. The van der Waals surface area contributed by atoms with Crippen molar-refractivity contribution in [3.63, 3.8) is 0 Å². The van der Waals surface area contributed by atoms with E-state index in [9.17, 15) is 9.90 Å². The fraction of sp³-hybridized carbons (Fsp3) is 0.211. The maximum absolute atomic E-state index is 13.2. The Morgan fingerprint density at radius 3 is 2.80 bits per heavy atom. The molecule has 0 aliphatic rings. The Balaban J connectivity index is 1.95. The van der Waals surface area contributed by atoms with Crippen molar-refractivity contribution in [3.8, 4) is 5.69 Å². The summed E-state index contributed by atoms with van der Waals surface area (Å²) >= 11 is 0. The summed E-state index contributed by atoms with van der Waals surface area (Å²) in [6.07, 6.45) is 8.57. The molecule has 0 radical (unpaired) electrons. The number of rotatable bonds is 6. The third kappa shape index (κ3) is 3.92. The Morgan fingerprint density at radius 1 is 1.24 bits per heavy atom. The van der Waals surface area contributed by atoms with Gasteiger partial charge in [0, 0.05) is 37.9 Å². The van der Waals surface area contributed by atoms with Gasteiger partial charge >= 0.3 is 0 Å². The maximum atomic E-state index is 13.2. The number of imidazole rings is 1. The molecule has 1 amide bonds. The SMILES string of the molecule is Cc1ccc(-n2ccnc2)c(C(=O)N(CCO)Cc2cccnc2)c1. The number of carbonyl (C=O) groups is 1. The molecule has 3 aromatic rings. The van der Waals surface area contributed by atoms with E-state index in [4.69, 9.17) is 0 Å². The Kier molecular flexibility index (Phi) is 5.20. The molecule has 25 heavy (non-hydrogen) atoms. The number of aromatic nitrogens is 3. The predicted octanol–water partition coefficient (Wildman–Crippen LogP) is 2.21. The highest BCUT2D eigenvalue weighted by atomic mass is 16.3. The number of hydrogen-bond donors (Lipinski definition) is 1. The molecule has 0 saturated heterocycles. The first-order valence-corrected chi connectivity index (χ1v) is 8.07. The molecule has 6 nitrogen and oxygen atoms in total. The van der Waals surface area contributed by atoms with Crippen molar-refractivity contribution in [2.75, 3.05) is 13.2 Å². The highest BCUT2D eigenvalue weighted by Gasteiger charge is 2.20. The zero-order valence-corrected chi connectivity index (χ0v) is 14.0. The second-order valence-corrected chi connectivity index (χ2v) is 5.80. The van der Waals surface area contributed by atoms with Crippen LogP contribution in [0.3, 0.4) is 0 Å². The topological polar surface area (TPSA) is 71.2 Å². The zero-order chi connectivity index (χ0) is 17.6. The van der Waals surface area contributed by atoms with Gasteiger partial charge in [-0.15, -0.1) is 0 Å². The van der Waals surface area contributed by atoms with Crippen LogP contribution in [0.1, 0.15) is 21.5 Å². The van der Waals surface area contributed by atoms with Gasteiger partial charge < -0.3 is 14.6 Å². The van der Waals surface area contributed by atoms with Crippen molar-refractivity contribution < 1.29 is 9.90 Å². The standard InChI is InChI=1S/C19H20N4O2/c1-15-4-5-18(23-8-7-21-14-23)17(11-15)19(25)22(9-10-24)13-16-3-2-6-20-12-16/h2-8,11-12,14,24H,9-10,13H2,1H3. The van der Waals surface area contributed by atoms with Crippen LogP contribution in [-0.4, -0.2) is 43.6 Å². The van der Waals surface area contributed by atoms with Gasteiger partial charge in [0.05, 0.1) is 24.2 Å². The Hall–Kier alpha value is -2.99. The van der Waals surface area contributed by atoms with Crippen LogP contribution in [-0.2, 0) is 6.54 Å². The number of benzene rings is 1. The van der Waals surface area contributed by atoms with Crippen LogP contribution in [0.4, 0.5) is 0 Å².